The van der Waals surface area contributed by atoms with E-state index in [1.807, 2.05) is 0 Å². The molecule has 0 radical (unpaired) electrons. The molecule has 0 spiro atoms. The van der Waals surface area contributed by atoms with E-state index >= 15 is 0 Å². The number of para-hydroxylation sites is 2. The summed E-state index contributed by atoms with van der Waals surface area (Å²) in [5, 5.41) is 2.62. The van der Waals surface area contributed by atoms with Crippen molar-refractivity contribution in [2.45, 2.75) is 44.9 Å². The summed E-state index contributed by atoms with van der Waals surface area (Å²) in [4.78, 5) is 5.01. The van der Waals surface area contributed by atoms with Crippen LogP contribution in [-0.4, -0.2) is 11.1 Å². The Balaban J connectivity index is 1.11. The third kappa shape index (κ3) is 4.82. The highest BCUT2D eigenvalue weighted by Gasteiger charge is 2.38. The molecule has 0 saturated carbocycles. The fourth-order valence-corrected chi connectivity index (χ4v) is 11.0. The second-order valence-electron chi connectivity index (χ2n) is 17.7. The van der Waals surface area contributed by atoms with E-state index in [1.165, 1.54) is 100 Å². The Morgan fingerprint density at radius 1 is 0.441 bits per heavy atom. The van der Waals surface area contributed by atoms with Gasteiger partial charge in [-0.1, -0.05) is 125 Å². The van der Waals surface area contributed by atoms with Gasteiger partial charge in [0.1, 0.15) is 0 Å². The topological polar surface area (TPSA) is 11.4 Å². The van der Waals surface area contributed by atoms with Crippen molar-refractivity contribution in [2.75, 3.05) is 16.3 Å². The zero-order chi connectivity index (χ0) is 39.6. The summed E-state index contributed by atoms with van der Waals surface area (Å²) in [6.45, 7) is 10.5. The molecule has 0 N–H and O–H groups in total. The van der Waals surface area contributed by atoms with Crippen LogP contribution in [0.4, 0.5) is 28.4 Å². The van der Waals surface area contributed by atoms with E-state index in [-0.39, 0.29) is 10.8 Å². The second kappa shape index (κ2) is 12.3. The second-order valence-corrected chi connectivity index (χ2v) is 17.7. The van der Waals surface area contributed by atoms with Gasteiger partial charge in [0, 0.05) is 62.3 Å². The van der Waals surface area contributed by atoms with Gasteiger partial charge < -0.3 is 14.4 Å². The molecule has 0 amide bonds. The van der Waals surface area contributed by atoms with Crippen LogP contribution in [0.3, 0.4) is 0 Å². The largest absolute Gasteiger partial charge is 0.341 e. The van der Waals surface area contributed by atoms with E-state index in [9.17, 15) is 0 Å². The van der Waals surface area contributed by atoms with Crippen LogP contribution in [0.25, 0.3) is 49.7 Å². The van der Waals surface area contributed by atoms with Gasteiger partial charge in [-0.05, 0) is 135 Å². The molecule has 3 heteroatoms. The minimum Gasteiger partial charge on any atom is -0.341 e. The third-order valence-electron chi connectivity index (χ3n) is 13.9. The lowest BCUT2D eigenvalue weighted by Gasteiger charge is -2.30. The van der Waals surface area contributed by atoms with Gasteiger partial charge in [0.2, 0.25) is 0 Å². The van der Waals surface area contributed by atoms with Crippen LogP contribution in [0.15, 0.2) is 176 Å². The average Bonchev–Trinajstić information content (AvgIpc) is 3.98. The van der Waals surface area contributed by atoms with Gasteiger partial charge in [-0.25, -0.2) is 0 Å². The van der Waals surface area contributed by atoms with E-state index in [4.69, 9.17) is 0 Å². The fourth-order valence-electron chi connectivity index (χ4n) is 11.0. The van der Waals surface area contributed by atoms with Crippen molar-refractivity contribution in [1.82, 2.24) is 4.57 Å². The summed E-state index contributed by atoms with van der Waals surface area (Å²) < 4.78 is 2.47. The molecule has 59 heavy (non-hydrogen) atoms. The molecular weight excluding hydrogens is 715 g/mol. The van der Waals surface area contributed by atoms with Gasteiger partial charge in [-0.2, -0.15) is 0 Å². The van der Waals surface area contributed by atoms with Crippen LogP contribution < -0.4 is 9.80 Å². The van der Waals surface area contributed by atoms with Crippen molar-refractivity contribution in [2.24, 2.45) is 0 Å². The number of hydrogen-bond acceptors (Lipinski definition) is 2. The average molecular weight is 760 g/mol. The molecule has 1 aliphatic heterocycles. The molecule has 2 aliphatic carbocycles. The predicted octanol–water partition coefficient (Wildman–Crippen LogP) is 14.6. The van der Waals surface area contributed by atoms with E-state index in [2.05, 4.69) is 218 Å². The molecule has 0 saturated heterocycles. The quantitative estimate of drug-likeness (QED) is 0.173. The summed E-state index contributed by atoms with van der Waals surface area (Å²) in [7, 11) is 0. The van der Waals surface area contributed by atoms with Crippen LogP contribution in [-0.2, 0) is 17.3 Å². The molecule has 12 rings (SSSR count). The zero-order valence-electron chi connectivity index (χ0n) is 34.0. The lowest BCUT2D eigenvalue weighted by Crippen LogP contribution is -2.18. The van der Waals surface area contributed by atoms with Crippen molar-refractivity contribution in [3.63, 3.8) is 0 Å². The van der Waals surface area contributed by atoms with Crippen molar-refractivity contribution < 1.29 is 0 Å². The molecule has 0 atom stereocenters. The molecule has 3 aliphatic rings. The van der Waals surface area contributed by atoms with Gasteiger partial charge in [0.05, 0.1) is 11.0 Å². The first-order valence-electron chi connectivity index (χ1n) is 21.1. The normalized spacial score (nSPS) is 15.2. The van der Waals surface area contributed by atoms with Crippen LogP contribution in [0, 0.1) is 0 Å². The number of fused-ring (bicyclic) bond motifs is 11. The first-order valence-corrected chi connectivity index (χ1v) is 21.1. The SMILES string of the molecule is CC1(C)c2ccccc2-c2ccc(N(c3ccc4c(c3)C(C)(C)c3ccccc3-4)c3ccc4c(c3)c3c5c(ccc3n4-c3ccccc3)N(c3ccccc3)CC5)cc21. The Hall–Kier alpha value is -6.84. The summed E-state index contributed by atoms with van der Waals surface area (Å²) >= 11 is 0. The molecule has 1 aromatic heterocycles. The summed E-state index contributed by atoms with van der Waals surface area (Å²) in [6, 6.07) is 65.8. The van der Waals surface area contributed by atoms with Gasteiger partial charge in [-0.15, -0.1) is 0 Å². The summed E-state index contributed by atoms with van der Waals surface area (Å²) in [5.74, 6) is 0. The molecule has 0 fully saturated rings. The van der Waals surface area contributed by atoms with Crippen LogP contribution in [0.1, 0.15) is 55.5 Å². The maximum absolute atomic E-state index is 2.52. The molecule has 8 aromatic carbocycles. The van der Waals surface area contributed by atoms with Gasteiger partial charge in [-0.3, -0.25) is 0 Å². The third-order valence-corrected chi connectivity index (χ3v) is 13.9. The lowest BCUT2D eigenvalue weighted by molar-refractivity contribution is 0.660. The fraction of sp³-hybridized carbons (Fsp3) is 0.143. The zero-order valence-corrected chi connectivity index (χ0v) is 34.0. The van der Waals surface area contributed by atoms with E-state index in [0.717, 1.165) is 18.7 Å². The summed E-state index contributed by atoms with van der Waals surface area (Å²) in [6.07, 6.45) is 0.990. The van der Waals surface area contributed by atoms with E-state index in [0.29, 0.717) is 0 Å². The Morgan fingerprint density at radius 2 is 0.932 bits per heavy atom. The Morgan fingerprint density at radius 3 is 1.54 bits per heavy atom. The molecule has 2 heterocycles. The maximum Gasteiger partial charge on any atom is 0.0545 e. The van der Waals surface area contributed by atoms with Gasteiger partial charge in [0.15, 0.2) is 0 Å². The number of benzene rings is 8. The van der Waals surface area contributed by atoms with Crippen LogP contribution in [0.2, 0.25) is 0 Å². The highest BCUT2D eigenvalue weighted by atomic mass is 15.2. The van der Waals surface area contributed by atoms with Gasteiger partial charge >= 0.3 is 0 Å². The smallest absolute Gasteiger partial charge is 0.0545 e. The van der Waals surface area contributed by atoms with Crippen LogP contribution in [0.5, 0.6) is 0 Å². The highest BCUT2D eigenvalue weighted by molar-refractivity contribution is 6.14. The molecular formula is C56H45N3. The van der Waals surface area contributed by atoms with E-state index < -0.39 is 0 Å². The molecule has 9 aromatic rings. The molecule has 0 bridgehead atoms. The minimum atomic E-state index is -0.118. The van der Waals surface area contributed by atoms with Gasteiger partial charge in [0.25, 0.3) is 0 Å². The highest BCUT2D eigenvalue weighted by Crippen LogP contribution is 2.54. The predicted molar refractivity (Wildman–Crippen MR) is 248 cm³/mol. The first kappa shape index (κ1) is 34.2. The Bertz CT molecular complexity index is 3060. The van der Waals surface area contributed by atoms with Crippen molar-refractivity contribution >= 4 is 50.2 Å². The molecule has 284 valence electrons. The number of rotatable bonds is 5. The van der Waals surface area contributed by atoms with Crippen LogP contribution >= 0.6 is 0 Å². The van der Waals surface area contributed by atoms with Crippen molar-refractivity contribution in [1.29, 1.82) is 0 Å². The monoisotopic (exact) mass is 759 g/mol. The number of nitrogens with zero attached hydrogens (tertiary/aromatic N) is 3. The van der Waals surface area contributed by atoms with Crippen molar-refractivity contribution in [3.8, 4) is 27.9 Å². The number of anilines is 5. The number of aromatic nitrogens is 1. The Labute approximate surface area is 346 Å². The maximum atomic E-state index is 2.52. The minimum absolute atomic E-state index is 0.118. The Kier molecular flexibility index (Phi) is 7.15. The lowest BCUT2D eigenvalue weighted by atomic mass is 9.82. The van der Waals surface area contributed by atoms with Crippen molar-refractivity contribution in [3.05, 3.63) is 204 Å². The summed E-state index contributed by atoms with van der Waals surface area (Å²) in [5.41, 5.74) is 21.8. The van der Waals surface area contributed by atoms with E-state index in [1.54, 1.807) is 0 Å². The molecule has 3 nitrogen and oxygen atoms in total. The standard InChI is InChI=1S/C56H45N3/c1-55(2)47-21-13-11-19-41(47)43-26-23-39(34-49(43)55)58(40-24-27-44-42-20-12-14-22-48(42)56(3,4)50(44)35-40)38-25-28-52-46(33-38)54-45-31-32-57(36-15-7-5-8-16-36)51(45)29-30-53(54)59(52)37-17-9-6-10-18-37/h5-30,33-35H,31-32H2,1-4H3. The number of hydrogen-bond donors (Lipinski definition) is 0. The first-order chi connectivity index (χ1) is 28.8. The molecule has 0 unspecified atom stereocenters.